The minimum atomic E-state index is -0.658. The first-order valence-electron chi connectivity index (χ1n) is 11.8. The largest absolute Gasteiger partial charge is 0.471 e. The van der Waals surface area contributed by atoms with E-state index >= 15 is 0 Å². The number of amides is 2. The van der Waals surface area contributed by atoms with E-state index in [-0.39, 0.29) is 23.5 Å². The highest BCUT2D eigenvalue weighted by atomic mass is 16.5. The van der Waals surface area contributed by atoms with E-state index in [1.165, 1.54) is 0 Å². The molecule has 4 rings (SSSR count). The summed E-state index contributed by atoms with van der Waals surface area (Å²) in [5.74, 6) is -0.0128. The van der Waals surface area contributed by atoms with Gasteiger partial charge in [-0.25, -0.2) is 4.98 Å². The van der Waals surface area contributed by atoms with E-state index in [4.69, 9.17) is 10.5 Å². The van der Waals surface area contributed by atoms with Crippen molar-refractivity contribution in [2.75, 3.05) is 56.5 Å². The van der Waals surface area contributed by atoms with E-state index in [1.54, 1.807) is 11.8 Å². The molecule has 0 aliphatic carbocycles. The molecule has 2 amide bonds. The fourth-order valence-electron chi connectivity index (χ4n) is 4.26. The van der Waals surface area contributed by atoms with Crippen LogP contribution in [-0.2, 0) is 11.2 Å². The highest BCUT2D eigenvalue weighted by Crippen LogP contribution is 2.27. The van der Waals surface area contributed by atoms with Crippen LogP contribution in [0.5, 0.6) is 5.88 Å². The predicted molar refractivity (Wildman–Crippen MR) is 131 cm³/mol. The Morgan fingerprint density at radius 2 is 1.82 bits per heavy atom. The number of likely N-dealkylation sites (tertiary alicyclic amines) is 1. The van der Waals surface area contributed by atoms with Crippen LogP contribution < -0.4 is 20.7 Å². The molecule has 1 atom stereocenters. The van der Waals surface area contributed by atoms with Gasteiger partial charge in [-0.3, -0.25) is 9.59 Å². The van der Waals surface area contributed by atoms with Crippen molar-refractivity contribution in [1.29, 1.82) is 0 Å². The summed E-state index contributed by atoms with van der Waals surface area (Å²) in [5, 5.41) is 3.19. The summed E-state index contributed by atoms with van der Waals surface area (Å²) < 4.78 is 6.13. The van der Waals surface area contributed by atoms with Gasteiger partial charge in [0.2, 0.25) is 11.8 Å². The van der Waals surface area contributed by atoms with E-state index in [9.17, 15) is 9.59 Å². The zero-order valence-electron chi connectivity index (χ0n) is 20.1. The molecule has 2 fully saturated rings. The molecule has 10 heteroatoms. The summed E-state index contributed by atoms with van der Waals surface area (Å²) >= 11 is 0. The number of rotatable bonds is 7. The van der Waals surface area contributed by atoms with Crippen LogP contribution in [-0.4, -0.2) is 84.0 Å². The second-order valence-corrected chi connectivity index (χ2v) is 8.85. The van der Waals surface area contributed by atoms with Gasteiger partial charge in [-0.2, -0.15) is 4.98 Å². The summed E-state index contributed by atoms with van der Waals surface area (Å²) in [5.41, 5.74) is 8.17. The van der Waals surface area contributed by atoms with Crippen molar-refractivity contribution in [3.05, 3.63) is 35.7 Å². The topological polar surface area (TPSA) is 117 Å². The number of hydrogen-bond donors (Lipinski definition) is 2. The number of carbonyl (C=O) groups is 2. The monoisotopic (exact) mass is 467 g/mol. The molecule has 2 saturated heterocycles. The third kappa shape index (κ3) is 5.39. The average molecular weight is 468 g/mol. The number of nitrogens with zero attached hydrogens (tertiary/aromatic N) is 5. The van der Waals surface area contributed by atoms with Gasteiger partial charge in [-0.15, -0.1) is 0 Å². The fraction of sp³-hybridized carbons (Fsp3) is 0.500. The number of anilines is 3. The zero-order valence-corrected chi connectivity index (χ0v) is 20.1. The maximum Gasteiger partial charge on any atom is 0.271 e. The first-order valence-corrected chi connectivity index (χ1v) is 11.8. The number of aromatic nitrogens is 2. The first kappa shape index (κ1) is 23.7. The van der Waals surface area contributed by atoms with Crippen molar-refractivity contribution in [3.63, 3.8) is 0 Å². The number of piperazine rings is 1. The molecule has 3 heterocycles. The number of aryl methyl sites for hydroxylation is 1. The number of nitrogens with two attached hydrogens (primary N) is 1. The quantitative estimate of drug-likeness (QED) is 0.631. The van der Waals surface area contributed by atoms with Gasteiger partial charge >= 0.3 is 0 Å². The SMILES string of the molecule is CCc1nc(C(N)=O)c(Nc2ccc(N3CCN(C)CC3)cc2)nc1O[C@H]1CCN(C(C)=O)C1. The van der Waals surface area contributed by atoms with E-state index in [1.807, 2.05) is 19.1 Å². The fourth-order valence-corrected chi connectivity index (χ4v) is 4.26. The number of nitrogens with one attached hydrogen (secondary N) is 1. The molecule has 3 N–H and O–H groups in total. The van der Waals surface area contributed by atoms with Crippen molar-refractivity contribution < 1.29 is 14.3 Å². The molecule has 0 saturated carbocycles. The van der Waals surface area contributed by atoms with Gasteiger partial charge in [-0.05, 0) is 37.7 Å². The second kappa shape index (κ2) is 10.3. The Bertz CT molecular complexity index is 1040. The molecule has 0 radical (unpaired) electrons. The molecule has 2 aliphatic heterocycles. The van der Waals surface area contributed by atoms with Gasteiger partial charge in [0.1, 0.15) is 11.8 Å². The molecule has 10 nitrogen and oxygen atoms in total. The molecule has 34 heavy (non-hydrogen) atoms. The van der Waals surface area contributed by atoms with E-state index in [0.29, 0.717) is 31.1 Å². The van der Waals surface area contributed by atoms with Crippen LogP contribution in [0.4, 0.5) is 17.2 Å². The van der Waals surface area contributed by atoms with Crippen LogP contribution in [0.25, 0.3) is 0 Å². The van der Waals surface area contributed by atoms with Gasteiger partial charge in [0.25, 0.3) is 5.91 Å². The lowest BCUT2D eigenvalue weighted by Gasteiger charge is -2.34. The molecule has 2 aliphatic rings. The Balaban J connectivity index is 1.53. The summed E-state index contributed by atoms with van der Waals surface area (Å²) in [6.45, 7) is 8.68. The number of benzene rings is 1. The van der Waals surface area contributed by atoms with E-state index in [0.717, 1.165) is 44.0 Å². The molecule has 182 valence electrons. The molecule has 1 aromatic carbocycles. The van der Waals surface area contributed by atoms with Crippen LogP contribution in [0.3, 0.4) is 0 Å². The normalized spacial score (nSPS) is 18.7. The number of carbonyl (C=O) groups excluding carboxylic acids is 2. The Labute approximate surface area is 200 Å². The minimum Gasteiger partial charge on any atom is -0.471 e. The zero-order chi connectivity index (χ0) is 24.2. The lowest BCUT2D eigenvalue weighted by Crippen LogP contribution is -2.44. The van der Waals surface area contributed by atoms with Crippen molar-refractivity contribution in [3.8, 4) is 5.88 Å². The Kier molecular flexibility index (Phi) is 7.16. The van der Waals surface area contributed by atoms with E-state index < -0.39 is 5.91 Å². The number of primary amides is 1. The van der Waals surface area contributed by atoms with Crippen LogP contribution >= 0.6 is 0 Å². The Morgan fingerprint density at radius 3 is 2.41 bits per heavy atom. The minimum absolute atomic E-state index is 0.0272. The summed E-state index contributed by atoms with van der Waals surface area (Å²) in [4.78, 5) is 39.3. The molecule has 0 bridgehead atoms. The van der Waals surface area contributed by atoms with Crippen molar-refractivity contribution in [1.82, 2.24) is 19.8 Å². The molecular formula is C24H33N7O3. The van der Waals surface area contributed by atoms with Crippen LogP contribution in [0.2, 0.25) is 0 Å². The number of ether oxygens (including phenoxy) is 1. The van der Waals surface area contributed by atoms with Crippen molar-refractivity contribution in [2.24, 2.45) is 5.73 Å². The van der Waals surface area contributed by atoms with Gasteiger partial charge in [0.05, 0.1) is 6.54 Å². The van der Waals surface area contributed by atoms with Crippen molar-refractivity contribution in [2.45, 2.75) is 32.8 Å². The van der Waals surface area contributed by atoms with Crippen LogP contribution in [0.15, 0.2) is 24.3 Å². The molecule has 0 unspecified atom stereocenters. The molecule has 0 spiro atoms. The number of hydrogen-bond acceptors (Lipinski definition) is 8. The van der Waals surface area contributed by atoms with E-state index in [2.05, 4.69) is 44.3 Å². The summed E-state index contributed by atoms with van der Waals surface area (Å²) in [6.07, 6.45) is 1.09. The Morgan fingerprint density at radius 1 is 1.12 bits per heavy atom. The van der Waals surface area contributed by atoms with Crippen molar-refractivity contribution >= 4 is 29.0 Å². The third-order valence-corrected chi connectivity index (χ3v) is 6.37. The highest BCUT2D eigenvalue weighted by molar-refractivity contribution is 5.96. The van der Waals surface area contributed by atoms with Gasteiger partial charge in [-0.1, -0.05) is 6.92 Å². The predicted octanol–water partition coefficient (Wildman–Crippen LogP) is 1.63. The molecular weight excluding hydrogens is 434 g/mol. The average Bonchev–Trinajstić information content (AvgIpc) is 3.29. The molecule has 2 aromatic rings. The molecule has 1 aromatic heterocycles. The first-order chi connectivity index (χ1) is 16.3. The summed E-state index contributed by atoms with van der Waals surface area (Å²) in [6, 6.07) is 8.02. The highest BCUT2D eigenvalue weighted by Gasteiger charge is 2.28. The lowest BCUT2D eigenvalue weighted by molar-refractivity contribution is -0.128. The Hall–Kier alpha value is -3.40. The number of likely N-dealkylation sites (N-methyl/N-ethyl adjacent to an activating group) is 1. The maximum atomic E-state index is 12.1. The lowest BCUT2D eigenvalue weighted by atomic mass is 10.2. The van der Waals surface area contributed by atoms with Gasteiger partial charge in [0, 0.05) is 57.4 Å². The van der Waals surface area contributed by atoms with Crippen LogP contribution in [0, 0.1) is 0 Å². The summed E-state index contributed by atoms with van der Waals surface area (Å²) in [7, 11) is 2.13. The second-order valence-electron chi connectivity index (χ2n) is 8.85. The maximum absolute atomic E-state index is 12.1. The third-order valence-electron chi connectivity index (χ3n) is 6.37. The van der Waals surface area contributed by atoms with Gasteiger partial charge in [0.15, 0.2) is 11.5 Å². The van der Waals surface area contributed by atoms with Crippen LogP contribution in [0.1, 0.15) is 36.5 Å². The standard InChI is InChI=1S/C24H33N7O3/c1-4-20-24(34-19-9-10-31(15-19)16(2)32)28-23(21(27-20)22(25)33)26-17-5-7-18(8-6-17)30-13-11-29(3)12-14-30/h5-8,19H,4,9-15H2,1-3H3,(H2,25,33)(H,26,28)/t19-/m0/s1. The smallest absolute Gasteiger partial charge is 0.271 e. The van der Waals surface area contributed by atoms with Gasteiger partial charge < -0.3 is 30.5 Å².